The minimum atomic E-state index is -0.173. The number of carbonyl (C=O) groups excluding carboxylic acids is 2. The van der Waals surface area contributed by atoms with Crippen molar-refractivity contribution in [1.82, 2.24) is 9.47 Å². The van der Waals surface area contributed by atoms with Crippen LogP contribution in [0.2, 0.25) is 0 Å². The summed E-state index contributed by atoms with van der Waals surface area (Å²) in [4.78, 5) is 30.2. The third-order valence-corrected chi connectivity index (χ3v) is 6.54. The van der Waals surface area contributed by atoms with Crippen LogP contribution in [0.4, 0.5) is 0 Å². The van der Waals surface area contributed by atoms with Crippen molar-refractivity contribution in [1.29, 1.82) is 0 Å². The summed E-state index contributed by atoms with van der Waals surface area (Å²) in [6, 6.07) is 24.0. The summed E-state index contributed by atoms with van der Waals surface area (Å²) in [5.41, 5.74) is 2.85. The van der Waals surface area contributed by atoms with Gasteiger partial charge in [0.2, 0.25) is 5.78 Å². The summed E-state index contributed by atoms with van der Waals surface area (Å²) in [5, 5.41) is 0.787. The highest BCUT2D eigenvalue weighted by molar-refractivity contribution is 6.25. The molecule has 0 unspecified atom stereocenters. The van der Waals surface area contributed by atoms with Crippen LogP contribution in [0.3, 0.4) is 0 Å². The summed E-state index contributed by atoms with van der Waals surface area (Å²) >= 11 is 0. The van der Waals surface area contributed by atoms with Crippen molar-refractivity contribution in [2.45, 2.75) is 6.54 Å². The maximum absolute atomic E-state index is 13.9. The molecule has 1 saturated heterocycles. The van der Waals surface area contributed by atoms with Gasteiger partial charge in [0.05, 0.1) is 25.9 Å². The van der Waals surface area contributed by atoms with E-state index in [0.29, 0.717) is 47.9 Å². The van der Waals surface area contributed by atoms with Crippen LogP contribution in [0.5, 0.6) is 5.75 Å². The van der Waals surface area contributed by atoms with Crippen LogP contribution in [0.15, 0.2) is 78.9 Å². The molecule has 1 aromatic heterocycles. The third kappa shape index (κ3) is 4.63. The lowest BCUT2D eigenvalue weighted by atomic mass is 9.96. The summed E-state index contributed by atoms with van der Waals surface area (Å²) in [6.07, 6.45) is 0. The van der Waals surface area contributed by atoms with E-state index >= 15 is 0 Å². The van der Waals surface area contributed by atoms with E-state index in [1.54, 1.807) is 43.5 Å². The van der Waals surface area contributed by atoms with Gasteiger partial charge >= 0.3 is 0 Å². The van der Waals surface area contributed by atoms with E-state index in [1.165, 1.54) is 0 Å². The first-order valence-corrected chi connectivity index (χ1v) is 11.9. The molecule has 0 atom stereocenters. The smallest absolute Gasteiger partial charge is 0.210 e. The van der Waals surface area contributed by atoms with E-state index in [2.05, 4.69) is 4.90 Å². The zero-order valence-corrected chi connectivity index (χ0v) is 19.8. The van der Waals surface area contributed by atoms with Crippen molar-refractivity contribution in [2.75, 3.05) is 40.0 Å². The Bertz CT molecular complexity index is 1340. The fourth-order valence-corrected chi connectivity index (χ4v) is 4.68. The molecule has 35 heavy (non-hydrogen) atoms. The summed E-state index contributed by atoms with van der Waals surface area (Å²) in [5.74, 6) is 0.351. The van der Waals surface area contributed by atoms with Gasteiger partial charge in [-0.15, -0.1) is 0 Å². The first-order chi connectivity index (χ1) is 17.2. The molecule has 6 nitrogen and oxygen atoms in total. The maximum Gasteiger partial charge on any atom is 0.210 e. The topological polar surface area (TPSA) is 60.8 Å². The zero-order valence-electron chi connectivity index (χ0n) is 19.8. The van der Waals surface area contributed by atoms with E-state index in [9.17, 15) is 9.59 Å². The minimum absolute atomic E-state index is 0.152. The van der Waals surface area contributed by atoms with E-state index in [1.807, 2.05) is 47.0 Å². The maximum atomic E-state index is 13.9. The standard InChI is InChI=1S/C29H28N2O4/c1-34-23-13-11-22(12-14-23)28(32)26-24-9-5-6-10-25(24)31(16-15-30-17-19-35-20-18-30)27(26)29(33)21-7-3-2-4-8-21/h2-14H,15-20H2,1H3. The van der Waals surface area contributed by atoms with Crippen molar-refractivity contribution in [3.63, 3.8) is 0 Å². The second-order valence-corrected chi connectivity index (χ2v) is 8.60. The highest BCUT2D eigenvalue weighted by Crippen LogP contribution is 2.31. The predicted molar refractivity (Wildman–Crippen MR) is 135 cm³/mol. The van der Waals surface area contributed by atoms with Gasteiger partial charge in [-0.05, 0) is 30.3 Å². The molecule has 2 heterocycles. The number of fused-ring (bicyclic) bond motifs is 1. The summed E-state index contributed by atoms with van der Waals surface area (Å²) in [7, 11) is 1.59. The SMILES string of the molecule is COc1ccc(C(=O)c2c(C(=O)c3ccccc3)n(CCN3CCOCC3)c3ccccc23)cc1. The number of ether oxygens (including phenoxy) is 2. The van der Waals surface area contributed by atoms with Crippen LogP contribution in [0.25, 0.3) is 10.9 Å². The Kier molecular flexibility index (Phi) is 6.75. The Balaban J connectivity index is 1.65. The van der Waals surface area contributed by atoms with Gasteiger partial charge in [0.1, 0.15) is 11.4 Å². The number of rotatable bonds is 8. The first-order valence-electron chi connectivity index (χ1n) is 11.9. The number of para-hydroxylation sites is 1. The number of nitrogens with zero attached hydrogens (tertiary/aromatic N) is 2. The molecule has 0 radical (unpaired) electrons. The van der Waals surface area contributed by atoms with Crippen LogP contribution >= 0.6 is 0 Å². The van der Waals surface area contributed by atoms with Crippen molar-refractivity contribution >= 4 is 22.5 Å². The van der Waals surface area contributed by atoms with Crippen LogP contribution < -0.4 is 4.74 Å². The van der Waals surface area contributed by atoms with Gasteiger partial charge in [-0.2, -0.15) is 0 Å². The summed E-state index contributed by atoms with van der Waals surface area (Å²) in [6.45, 7) is 4.52. The number of methoxy groups -OCH3 is 1. The number of hydrogen-bond acceptors (Lipinski definition) is 5. The molecule has 1 aliphatic heterocycles. The van der Waals surface area contributed by atoms with Crippen molar-refractivity contribution in [3.8, 4) is 5.75 Å². The van der Waals surface area contributed by atoms with Crippen LogP contribution in [-0.4, -0.2) is 61.0 Å². The predicted octanol–water partition coefficient (Wildman–Crippen LogP) is 4.44. The second kappa shape index (κ2) is 10.3. The Hall–Kier alpha value is -3.74. The Morgan fingerprint density at radius 3 is 2.17 bits per heavy atom. The van der Waals surface area contributed by atoms with E-state index < -0.39 is 0 Å². The molecule has 178 valence electrons. The van der Waals surface area contributed by atoms with Gasteiger partial charge in [-0.1, -0.05) is 48.5 Å². The Labute approximate surface area is 204 Å². The minimum Gasteiger partial charge on any atom is -0.497 e. The van der Waals surface area contributed by atoms with E-state index in [-0.39, 0.29) is 11.6 Å². The molecule has 0 amide bonds. The first kappa shape index (κ1) is 23.0. The molecule has 5 rings (SSSR count). The average molecular weight is 469 g/mol. The van der Waals surface area contributed by atoms with Gasteiger partial charge in [-0.3, -0.25) is 14.5 Å². The monoisotopic (exact) mass is 468 g/mol. The Morgan fingerprint density at radius 1 is 0.800 bits per heavy atom. The van der Waals surface area contributed by atoms with E-state index in [4.69, 9.17) is 9.47 Å². The van der Waals surface area contributed by atoms with E-state index in [0.717, 1.165) is 30.5 Å². The fourth-order valence-electron chi connectivity index (χ4n) is 4.68. The number of morpholine rings is 1. The van der Waals surface area contributed by atoms with Gasteiger partial charge in [0.15, 0.2) is 5.78 Å². The van der Waals surface area contributed by atoms with Crippen LogP contribution in [0.1, 0.15) is 32.0 Å². The number of ketones is 2. The van der Waals surface area contributed by atoms with Gasteiger partial charge in [0.25, 0.3) is 0 Å². The fraction of sp³-hybridized carbons (Fsp3) is 0.241. The number of carbonyl (C=O) groups is 2. The number of aromatic nitrogens is 1. The lowest BCUT2D eigenvalue weighted by Crippen LogP contribution is -2.38. The molecule has 1 aliphatic rings. The third-order valence-electron chi connectivity index (χ3n) is 6.54. The lowest BCUT2D eigenvalue weighted by molar-refractivity contribution is 0.0364. The average Bonchev–Trinajstić information content (AvgIpc) is 3.26. The molecule has 0 saturated carbocycles. The molecule has 4 aromatic rings. The van der Waals surface area contributed by atoms with Gasteiger partial charge in [-0.25, -0.2) is 0 Å². The van der Waals surface area contributed by atoms with Crippen molar-refractivity contribution in [3.05, 3.63) is 101 Å². The molecule has 3 aromatic carbocycles. The number of hydrogen-bond donors (Lipinski definition) is 0. The van der Waals surface area contributed by atoms with Crippen molar-refractivity contribution in [2.24, 2.45) is 0 Å². The molecule has 0 N–H and O–H groups in total. The zero-order chi connectivity index (χ0) is 24.2. The molecular formula is C29H28N2O4. The number of benzene rings is 3. The Morgan fingerprint density at radius 2 is 1.46 bits per heavy atom. The quantitative estimate of drug-likeness (QED) is 0.358. The normalized spacial score (nSPS) is 14.2. The lowest BCUT2D eigenvalue weighted by Gasteiger charge is -2.27. The largest absolute Gasteiger partial charge is 0.497 e. The van der Waals surface area contributed by atoms with Gasteiger partial charge in [0, 0.05) is 48.2 Å². The van der Waals surface area contributed by atoms with Crippen LogP contribution in [-0.2, 0) is 11.3 Å². The molecule has 6 heteroatoms. The van der Waals surface area contributed by atoms with Crippen molar-refractivity contribution < 1.29 is 19.1 Å². The molecule has 0 aliphatic carbocycles. The second-order valence-electron chi connectivity index (χ2n) is 8.60. The highest BCUT2D eigenvalue weighted by Gasteiger charge is 2.28. The highest BCUT2D eigenvalue weighted by atomic mass is 16.5. The molecule has 0 spiro atoms. The molecule has 0 bridgehead atoms. The molecular weight excluding hydrogens is 440 g/mol. The summed E-state index contributed by atoms with van der Waals surface area (Å²) < 4.78 is 12.8. The molecule has 1 fully saturated rings. The van der Waals surface area contributed by atoms with Gasteiger partial charge < -0.3 is 14.0 Å². The van der Waals surface area contributed by atoms with Crippen LogP contribution in [0, 0.1) is 0 Å².